The maximum Gasteiger partial charge on any atom is 0.224 e. The van der Waals surface area contributed by atoms with Crippen LogP contribution >= 0.6 is 0 Å². The molecule has 2 fully saturated rings. The van der Waals surface area contributed by atoms with Gasteiger partial charge in [0.25, 0.3) is 0 Å². The first-order valence-electron chi connectivity index (χ1n) is 6.77. The van der Waals surface area contributed by atoms with E-state index >= 15 is 0 Å². The smallest absolute Gasteiger partial charge is 0.224 e. The number of likely N-dealkylation sites (tertiary alicyclic amines) is 1. The van der Waals surface area contributed by atoms with Crippen molar-refractivity contribution in [2.75, 3.05) is 19.6 Å². The van der Waals surface area contributed by atoms with E-state index in [4.69, 9.17) is 0 Å². The summed E-state index contributed by atoms with van der Waals surface area (Å²) in [6.07, 6.45) is 6.91. The van der Waals surface area contributed by atoms with Crippen molar-refractivity contribution in [3.63, 3.8) is 0 Å². The number of hydrogen-bond acceptors (Lipinski definition) is 2. The van der Waals surface area contributed by atoms with Crippen molar-refractivity contribution >= 4 is 5.91 Å². The predicted molar refractivity (Wildman–Crippen MR) is 65.2 cm³/mol. The lowest BCUT2D eigenvalue weighted by Crippen LogP contribution is -2.43. The molecule has 1 amide bonds. The van der Waals surface area contributed by atoms with Crippen LogP contribution < -0.4 is 5.32 Å². The van der Waals surface area contributed by atoms with Gasteiger partial charge < -0.3 is 10.2 Å². The van der Waals surface area contributed by atoms with Gasteiger partial charge in [-0.2, -0.15) is 0 Å². The van der Waals surface area contributed by atoms with E-state index in [1.807, 2.05) is 0 Å². The van der Waals surface area contributed by atoms with Crippen LogP contribution in [-0.4, -0.2) is 36.5 Å². The van der Waals surface area contributed by atoms with Gasteiger partial charge in [-0.1, -0.05) is 13.3 Å². The van der Waals surface area contributed by atoms with Crippen LogP contribution in [0.3, 0.4) is 0 Å². The third-order valence-electron chi connectivity index (χ3n) is 3.84. The number of rotatable bonds is 2. The molecule has 3 heteroatoms. The van der Waals surface area contributed by atoms with Gasteiger partial charge in [0.1, 0.15) is 0 Å². The first-order valence-corrected chi connectivity index (χ1v) is 6.77. The molecule has 2 aliphatic heterocycles. The molecule has 2 heterocycles. The lowest BCUT2D eigenvalue weighted by atomic mass is 9.98. The summed E-state index contributed by atoms with van der Waals surface area (Å²) in [6.45, 7) is 5.30. The zero-order valence-corrected chi connectivity index (χ0v) is 10.4. The van der Waals surface area contributed by atoms with Crippen LogP contribution in [0.1, 0.15) is 45.4 Å². The fourth-order valence-electron chi connectivity index (χ4n) is 2.85. The maximum atomic E-state index is 12.1. The van der Waals surface area contributed by atoms with Gasteiger partial charge in [-0.3, -0.25) is 4.79 Å². The third kappa shape index (κ3) is 3.21. The monoisotopic (exact) mass is 224 g/mol. The molecule has 0 spiro atoms. The standard InChI is InChI=1S/C13H24N2O/c1-11-5-4-8-15(10-11)13(16)9-12-6-2-3-7-14-12/h11-12,14H,2-10H2,1H3. The summed E-state index contributed by atoms with van der Waals surface area (Å²) in [5, 5.41) is 3.45. The molecule has 16 heavy (non-hydrogen) atoms. The Balaban J connectivity index is 1.77. The van der Waals surface area contributed by atoms with Crippen molar-refractivity contribution < 1.29 is 4.79 Å². The largest absolute Gasteiger partial charge is 0.342 e. The van der Waals surface area contributed by atoms with Gasteiger partial charge in [0.15, 0.2) is 0 Å². The molecule has 0 aliphatic carbocycles. The van der Waals surface area contributed by atoms with Crippen LogP contribution in [-0.2, 0) is 4.79 Å². The summed E-state index contributed by atoms with van der Waals surface area (Å²) in [5.41, 5.74) is 0. The quantitative estimate of drug-likeness (QED) is 0.775. The van der Waals surface area contributed by atoms with Gasteiger partial charge >= 0.3 is 0 Å². The molecular formula is C13H24N2O. The Labute approximate surface area is 98.6 Å². The van der Waals surface area contributed by atoms with Crippen molar-refractivity contribution in [1.29, 1.82) is 0 Å². The lowest BCUT2D eigenvalue weighted by Gasteiger charge is -2.33. The molecule has 0 aromatic carbocycles. The molecule has 2 atom stereocenters. The fourth-order valence-corrected chi connectivity index (χ4v) is 2.85. The van der Waals surface area contributed by atoms with Crippen LogP contribution in [0.5, 0.6) is 0 Å². The molecule has 0 saturated carbocycles. The van der Waals surface area contributed by atoms with E-state index in [-0.39, 0.29) is 0 Å². The number of carbonyl (C=O) groups excluding carboxylic acids is 1. The fraction of sp³-hybridized carbons (Fsp3) is 0.923. The highest BCUT2D eigenvalue weighted by atomic mass is 16.2. The van der Waals surface area contributed by atoms with Crippen molar-refractivity contribution in [3.05, 3.63) is 0 Å². The van der Waals surface area contributed by atoms with E-state index in [2.05, 4.69) is 17.1 Å². The van der Waals surface area contributed by atoms with E-state index in [0.717, 1.165) is 19.6 Å². The van der Waals surface area contributed by atoms with Crippen molar-refractivity contribution in [3.8, 4) is 0 Å². The number of amides is 1. The topological polar surface area (TPSA) is 32.3 Å². The normalized spacial score (nSPS) is 31.4. The zero-order chi connectivity index (χ0) is 11.4. The van der Waals surface area contributed by atoms with Gasteiger partial charge in [0, 0.05) is 25.6 Å². The predicted octanol–water partition coefficient (Wildman–Crippen LogP) is 1.78. The van der Waals surface area contributed by atoms with Crippen LogP contribution in [0.15, 0.2) is 0 Å². The van der Waals surface area contributed by atoms with E-state index < -0.39 is 0 Å². The Morgan fingerprint density at radius 1 is 1.31 bits per heavy atom. The third-order valence-corrected chi connectivity index (χ3v) is 3.84. The average molecular weight is 224 g/mol. The molecule has 2 rings (SSSR count). The molecular weight excluding hydrogens is 200 g/mol. The summed E-state index contributed by atoms with van der Waals surface area (Å²) in [5.74, 6) is 1.06. The van der Waals surface area contributed by atoms with Gasteiger partial charge in [-0.15, -0.1) is 0 Å². The van der Waals surface area contributed by atoms with Crippen molar-refractivity contribution in [2.24, 2.45) is 5.92 Å². The van der Waals surface area contributed by atoms with Crippen LogP contribution in [0.25, 0.3) is 0 Å². The van der Waals surface area contributed by atoms with Crippen LogP contribution in [0.2, 0.25) is 0 Å². The summed E-state index contributed by atoms with van der Waals surface area (Å²) in [7, 11) is 0. The summed E-state index contributed by atoms with van der Waals surface area (Å²) < 4.78 is 0. The minimum atomic E-state index is 0.367. The first kappa shape index (κ1) is 11.9. The minimum absolute atomic E-state index is 0.367. The Kier molecular flexibility index (Phi) is 4.22. The van der Waals surface area contributed by atoms with Crippen LogP contribution in [0, 0.1) is 5.92 Å². The number of piperidine rings is 2. The average Bonchev–Trinajstić information content (AvgIpc) is 2.30. The summed E-state index contributed by atoms with van der Waals surface area (Å²) in [6, 6.07) is 0.443. The van der Waals surface area contributed by atoms with E-state index in [1.165, 1.54) is 32.1 Å². The van der Waals surface area contributed by atoms with Gasteiger partial charge in [0.05, 0.1) is 0 Å². The Morgan fingerprint density at radius 3 is 2.88 bits per heavy atom. The summed E-state index contributed by atoms with van der Waals surface area (Å²) >= 11 is 0. The number of nitrogens with zero attached hydrogens (tertiary/aromatic N) is 1. The SMILES string of the molecule is CC1CCCN(C(=O)CC2CCCCN2)C1. The first-order chi connectivity index (χ1) is 7.75. The lowest BCUT2D eigenvalue weighted by molar-refractivity contribution is -0.133. The van der Waals surface area contributed by atoms with Crippen molar-refractivity contribution in [1.82, 2.24) is 10.2 Å². The second-order valence-electron chi connectivity index (χ2n) is 5.44. The van der Waals surface area contributed by atoms with Gasteiger partial charge in [0.2, 0.25) is 5.91 Å². The van der Waals surface area contributed by atoms with E-state index in [0.29, 0.717) is 24.3 Å². The molecule has 0 radical (unpaired) electrons. The number of carbonyl (C=O) groups is 1. The second-order valence-corrected chi connectivity index (χ2v) is 5.44. The molecule has 92 valence electrons. The van der Waals surface area contributed by atoms with Gasteiger partial charge in [-0.05, 0) is 38.1 Å². The highest BCUT2D eigenvalue weighted by Crippen LogP contribution is 2.18. The summed E-state index contributed by atoms with van der Waals surface area (Å²) in [4.78, 5) is 14.2. The maximum absolute atomic E-state index is 12.1. The Morgan fingerprint density at radius 2 is 2.19 bits per heavy atom. The highest BCUT2D eigenvalue weighted by Gasteiger charge is 2.24. The molecule has 2 saturated heterocycles. The van der Waals surface area contributed by atoms with Crippen LogP contribution in [0.4, 0.5) is 0 Å². The Hall–Kier alpha value is -0.570. The minimum Gasteiger partial charge on any atom is -0.342 e. The van der Waals surface area contributed by atoms with Crippen molar-refractivity contribution in [2.45, 2.75) is 51.5 Å². The molecule has 2 aliphatic rings. The number of hydrogen-bond donors (Lipinski definition) is 1. The highest BCUT2D eigenvalue weighted by molar-refractivity contribution is 5.77. The Bertz CT molecular complexity index is 236. The molecule has 0 bridgehead atoms. The van der Waals surface area contributed by atoms with Gasteiger partial charge in [-0.25, -0.2) is 0 Å². The van der Waals surface area contributed by atoms with E-state index in [1.54, 1.807) is 0 Å². The molecule has 1 N–H and O–H groups in total. The molecule has 3 nitrogen and oxygen atoms in total. The zero-order valence-electron chi connectivity index (χ0n) is 10.4. The number of nitrogens with one attached hydrogen (secondary N) is 1. The second kappa shape index (κ2) is 5.67. The molecule has 2 unspecified atom stereocenters. The molecule has 0 aromatic heterocycles. The molecule has 0 aromatic rings. The van der Waals surface area contributed by atoms with E-state index in [9.17, 15) is 4.79 Å².